The number of ether oxygens (including phenoxy) is 1. The molecule has 2 fully saturated rings. The average molecular weight is 240 g/mol. The quantitative estimate of drug-likeness (QED) is 0.755. The Hall–Kier alpha value is -0.610. The van der Waals surface area contributed by atoms with Crippen LogP contribution in [0.5, 0.6) is 0 Å². The predicted octanol–water partition coefficient (Wildman–Crippen LogP) is 1.06. The summed E-state index contributed by atoms with van der Waals surface area (Å²) in [4.78, 5) is 11.7. The van der Waals surface area contributed by atoms with Crippen LogP contribution >= 0.6 is 0 Å². The summed E-state index contributed by atoms with van der Waals surface area (Å²) in [6, 6.07) is 0.568. The van der Waals surface area contributed by atoms with Gasteiger partial charge in [-0.15, -0.1) is 0 Å². The van der Waals surface area contributed by atoms with Gasteiger partial charge >= 0.3 is 0 Å². The summed E-state index contributed by atoms with van der Waals surface area (Å²) in [5, 5.41) is 6.45. The Kier molecular flexibility index (Phi) is 5.26. The van der Waals surface area contributed by atoms with E-state index in [0.717, 1.165) is 39.1 Å². The van der Waals surface area contributed by atoms with E-state index in [4.69, 9.17) is 4.74 Å². The molecule has 1 amide bonds. The lowest BCUT2D eigenvalue weighted by molar-refractivity contribution is -0.121. The fourth-order valence-electron chi connectivity index (χ4n) is 2.62. The predicted molar refractivity (Wildman–Crippen MR) is 66.8 cm³/mol. The van der Waals surface area contributed by atoms with Crippen LogP contribution in [0, 0.1) is 5.92 Å². The van der Waals surface area contributed by atoms with Crippen molar-refractivity contribution < 1.29 is 9.53 Å². The van der Waals surface area contributed by atoms with Gasteiger partial charge in [-0.2, -0.15) is 0 Å². The molecule has 2 rings (SSSR count). The molecule has 2 heterocycles. The number of amides is 1. The number of hydrogen-bond acceptors (Lipinski definition) is 3. The molecule has 2 atom stereocenters. The third kappa shape index (κ3) is 4.64. The molecule has 17 heavy (non-hydrogen) atoms. The third-order valence-corrected chi connectivity index (χ3v) is 3.72. The third-order valence-electron chi connectivity index (χ3n) is 3.72. The molecule has 2 N–H and O–H groups in total. The first kappa shape index (κ1) is 12.8. The Morgan fingerprint density at radius 2 is 2.29 bits per heavy atom. The minimum absolute atomic E-state index is 0.198. The summed E-state index contributed by atoms with van der Waals surface area (Å²) in [5.74, 6) is 0.724. The molecule has 4 heteroatoms. The van der Waals surface area contributed by atoms with E-state index < -0.39 is 0 Å². The highest BCUT2D eigenvalue weighted by atomic mass is 16.5. The SMILES string of the molecule is O=C(CCC1CCCN1)NCC1CCCOC1. The van der Waals surface area contributed by atoms with Crippen molar-refractivity contribution in [2.24, 2.45) is 5.92 Å². The van der Waals surface area contributed by atoms with Gasteiger partial charge in [0.1, 0.15) is 0 Å². The number of carbonyl (C=O) groups excluding carboxylic acids is 1. The first-order valence-electron chi connectivity index (χ1n) is 6.92. The topological polar surface area (TPSA) is 50.4 Å². The fraction of sp³-hybridized carbons (Fsp3) is 0.923. The van der Waals surface area contributed by atoms with Crippen LogP contribution in [0.2, 0.25) is 0 Å². The Labute approximate surface area is 103 Å². The standard InChI is InChI=1S/C13H24N2O2/c16-13(6-5-12-4-1-7-14-12)15-9-11-3-2-8-17-10-11/h11-12,14H,1-10H2,(H,15,16). The summed E-state index contributed by atoms with van der Waals surface area (Å²) in [7, 11) is 0. The summed E-state index contributed by atoms with van der Waals surface area (Å²) >= 11 is 0. The molecule has 0 spiro atoms. The van der Waals surface area contributed by atoms with Gasteiger partial charge in [0.15, 0.2) is 0 Å². The number of carbonyl (C=O) groups is 1. The van der Waals surface area contributed by atoms with Crippen molar-refractivity contribution in [2.45, 2.75) is 44.6 Å². The van der Waals surface area contributed by atoms with Gasteiger partial charge in [-0.3, -0.25) is 4.79 Å². The Morgan fingerprint density at radius 1 is 1.35 bits per heavy atom. The average Bonchev–Trinajstić information content (AvgIpc) is 2.88. The zero-order valence-corrected chi connectivity index (χ0v) is 10.5. The van der Waals surface area contributed by atoms with E-state index in [1.165, 1.54) is 19.3 Å². The van der Waals surface area contributed by atoms with Crippen LogP contribution in [0.1, 0.15) is 38.5 Å². The molecular weight excluding hydrogens is 216 g/mol. The minimum atomic E-state index is 0.198. The maximum absolute atomic E-state index is 11.7. The van der Waals surface area contributed by atoms with Crippen molar-refractivity contribution in [1.82, 2.24) is 10.6 Å². The van der Waals surface area contributed by atoms with Crippen LogP contribution in [0.15, 0.2) is 0 Å². The first-order valence-corrected chi connectivity index (χ1v) is 6.92. The molecule has 2 aliphatic heterocycles. The smallest absolute Gasteiger partial charge is 0.220 e. The van der Waals surface area contributed by atoms with Gasteiger partial charge in [-0.25, -0.2) is 0 Å². The number of hydrogen-bond donors (Lipinski definition) is 2. The highest BCUT2D eigenvalue weighted by Crippen LogP contribution is 2.13. The summed E-state index contributed by atoms with van der Waals surface area (Å²) in [6.45, 7) is 3.60. The largest absolute Gasteiger partial charge is 0.381 e. The molecular formula is C13H24N2O2. The van der Waals surface area contributed by atoms with Gasteiger partial charge in [0.2, 0.25) is 5.91 Å². The highest BCUT2D eigenvalue weighted by Gasteiger charge is 2.17. The molecule has 0 aliphatic carbocycles. The molecule has 2 saturated heterocycles. The Bertz CT molecular complexity index is 234. The van der Waals surface area contributed by atoms with Crippen molar-refractivity contribution in [1.29, 1.82) is 0 Å². The molecule has 98 valence electrons. The Balaban J connectivity index is 1.53. The molecule has 0 aromatic rings. The van der Waals surface area contributed by atoms with Crippen LogP contribution in [-0.4, -0.2) is 38.3 Å². The van der Waals surface area contributed by atoms with Crippen LogP contribution in [0.3, 0.4) is 0 Å². The molecule has 0 radical (unpaired) electrons. The highest BCUT2D eigenvalue weighted by molar-refractivity contribution is 5.75. The van der Waals surface area contributed by atoms with Crippen molar-refractivity contribution in [3.8, 4) is 0 Å². The van der Waals surface area contributed by atoms with Crippen molar-refractivity contribution in [3.63, 3.8) is 0 Å². The van der Waals surface area contributed by atoms with Crippen LogP contribution in [0.4, 0.5) is 0 Å². The number of nitrogens with one attached hydrogen (secondary N) is 2. The van der Waals surface area contributed by atoms with Crippen molar-refractivity contribution >= 4 is 5.91 Å². The second-order valence-corrected chi connectivity index (χ2v) is 5.22. The summed E-state index contributed by atoms with van der Waals surface area (Å²) in [5.41, 5.74) is 0. The molecule has 2 unspecified atom stereocenters. The minimum Gasteiger partial charge on any atom is -0.381 e. The van der Waals surface area contributed by atoms with Gasteiger partial charge < -0.3 is 15.4 Å². The Morgan fingerprint density at radius 3 is 3.00 bits per heavy atom. The molecule has 2 aliphatic rings. The molecule has 0 aromatic heterocycles. The lowest BCUT2D eigenvalue weighted by atomic mass is 10.0. The lowest BCUT2D eigenvalue weighted by Gasteiger charge is -2.22. The van der Waals surface area contributed by atoms with E-state index in [-0.39, 0.29) is 5.91 Å². The molecule has 0 bridgehead atoms. The van der Waals surface area contributed by atoms with Crippen molar-refractivity contribution in [3.05, 3.63) is 0 Å². The lowest BCUT2D eigenvalue weighted by Crippen LogP contribution is -2.34. The van der Waals surface area contributed by atoms with E-state index in [1.807, 2.05) is 0 Å². The van der Waals surface area contributed by atoms with Crippen molar-refractivity contribution in [2.75, 3.05) is 26.3 Å². The van der Waals surface area contributed by atoms with Crippen LogP contribution in [-0.2, 0) is 9.53 Å². The molecule has 0 saturated carbocycles. The van der Waals surface area contributed by atoms with Gasteiger partial charge in [0, 0.05) is 25.6 Å². The number of rotatable bonds is 5. The second kappa shape index (κ2) is 6.97. The van der Waals surface area contributed by atoms with Crippen LogP contribution in [0.25, 0.3) is 0 Å². The van der Waals surface area contributed by atoms with E-state index >= 15 is 0 Å². The zero-order chi connectivity index (χ0) is 11.9. The van der Waals surface area contributed by atoms with Gasteiger partial charge in [-0.1, -0.05) is 0 Å². The molecule has 4 nitrogen and oxygen atoms in total. The molecule has 0 aromatic carbocycles. The summed E-state index contributed by atoms with van der Waals surface area (Å²) in [6.07, 6.45) is 6.44. The van der Waals surface area contributed by atoms with E-state index in [1.54, 1.807) is 0 Å². The monoisotopic (exact) mass is 240 g/mol. The van der Waals surface area contributed by atoms with E-state index in [9.17, 15) is 4.79 Å². The fourth-order valence-corrected chi connectivity index (χ4v) is 2.62. The normalized spacial score (nSPS) is 29.2. The van der Waals surface area contributed by atoms with Gasteiger partial charge in [0.25, 0.3) is 0 Å². The summed E-state index contributed by atoms with van der Waals surface area (Å²) < 4.78 is 5.39. The maximum Gasteiger partial charge on any atom is 0.220 e. The van der Waals surface area contributed by atoms with Crippen LogP contribution < -0.4 is 10.6 Å². The maximum atomic E-state index is 11.7. The first-order chi connectivity index (χ1) is 8.34. The van der Waals surface area contributed by atoms with Gasteiger partial charge in [-0.05, 0) is 44.6 Å². The van der Waals surface area contributed by atoms with E-state index in [0.29, 0.717) is 18.4 Å². The van der Waals surface area contributed by atoms with E-state index in [2.05, 4.69) is 10.6 Å². The second-order valence-electron chi connectivity index (χ2n) is 5.22. The zero-order valence-electron chi connectivity index (χ0n) is 10.5. The van der Waals surface area contributed by atoms with Gasteiger partial charge in [0.05, 0.1) is 6.61 Å².